The van der Waals surface area contributed by atoms with E-state index >= 15 is 0 Å². The fourth-order valence-electron chi connectivity index (χ4n) is 2.34. The van der Waals surface area contributed by atoms with Crippen molar-refractivity contribution in [1.82, 2.24) is 15.1 Å². The van der Waals surface area contributed by atoms with Crippen molar-refractivity contribution in [3.8, 4) is 0 Å². The highest BCUT2D eigenvalue weighted by Gasteiger charge is 2.16. The molecule has 4 nitrogen and oxygen atoms in total. The number of rotatable bonds is 4. The van der Waals surface area contributed by atoms with Crippen LogP contribution in [0, 0.1) is 0 Å². The molecule has 0 bridgehead atoms. The number of nitrogens with one attached hydrogen (secondary N) is 1. The molecule has 5 heteroatoms. The Labute approximate surface area is 125 Å². The topological polar surface area (TPSA) is 35.6 Å². The van der Waals surface area contributed by atoms with Gasteiger partial charge in [-0.3, -0.25) is 9.69 Å². The minimum Gasteiger partial charge on any atom is -0.340 e. The van der Waals surface area contributed by atoms with Gasteiger partial charge in [0.15, 0.2) is 0 Å². The molecule has 110 valence electrons. The highest BCUT2D eigenvalue weighted by atomic mass is 35.5. The zero-order chi connectivity index (χ0) is 14.4. The summed E-state index contributed by atoms with van der Waals surface area (Å²) < 4.78 is 0. The highest BCUT2D eigenvalue weighted by Crippen LogP contribution is 2.16. The van der Waals surface area contributed by atoms with E-state index in [2.05, 4.69) is 10.2 Å². The summed E-state index contributed by atoms with van der Waals surface area (Å²) >= 11 is 6.13. The van der Waals surface area contributed by atoms with Crippen LogP contribution in [0.5, 0.6) is 0 Å². The Balaban J connectivity index is 1.87. The molecule has 1 aliphatic heterocycles. The smallest absolute Gasteiger partial charge is 0.236 e. The van der Waals surface area contributed by atoms with Crippen molar-refractivity contribution in [2.24, 2.45) is 0 Å². The number of hydrogen-bond acceptors (Lipinski definition) is 3. The summed E-state index contributed by atoms with van der Waals surface area (Å²) in [6, 6.07) is 7.66. The minimum absolute atomic E-state index is 0.145. The average molecular weight is 296 g/mol. The molecule has 1 amide bonds. The third kappa shape index (κ3) is 4.47. The normalized spacial score (nSPS) is 16.7. The second kappa shape index (κ2) is 7.62. The van der Waals surface area contributed by atoms with Crippen molar-refractivity contribution >= 4 is 17.5 Å². The first kappa shape index (κ1) is 15.3. The maximum atomic E-state index is 12.3. The SMILES string of the molecule is CN(Cc1ccccc1Cl)C(=O)CN1CCCNCC1. The predicted octanol–water partition coefficient (Wildman–Crippen LogP) is 1.59. The first-order chi connectivity index (χ1) is 9.66. The number of benzene rings is 1. The van der Waals surface area contributed by atoms with E-state index in [1.165, 1.54) is 0 Å². The summed E-state index contributed by atoms with van der Waals surface area (Å²) in [6.07, 6.45) is 1.10. The number of halogens is 1. The molecule has 1 heterocycles. The third-order valence-corrected chi connectivity index (χ3v) is 3.95. The number of amides is 1. The van der Waals surface area contributed by atoms with Crippen molar-refractivity contribution in [3.63, 3.8) is 0 Å². The van der Waals surface area contributed by atoms with Crippen LogP contribution in [0.25, 0.3) is 0 Å². The molecule has 1 aliphatic rings. The summed E-state index contributed by atoms with van der Waals surface area (Å²) in [5.41, 5.74) is 0.988. The van der Waals surface area contributed by atoms with E-state index in [-0.39, 0.29) is 5.91 Å². The Bertz CT molecular complexity index is 444. The number of carbonyl (C=O) groups is 1. The highest BCUT2D eigenvalue weighted by molar-refractivity contribution is 6.31. The maximum absolute atomic E-state index is 12.3. The van der Waals surface area contributed by atoms with Crippen LogP contribution in [0.3, 0.4) is 0 Å². The fourth-order valence-corrected chi connectivity index (χ4v) is 2.54. The van der Waals surface area contributed by atoms with Gasteiger partial charge in [-0.2, -0.15) is 0 Å². The Morgan fingerprint density at radius 3 is 2.95 bits per heavy atom. The Kier molecular flexibility index (Phi) is 5.83. The Morgan fingerprint density at radius 2 is 2.15 bits per heavy atom. The zero-order valence-corrected chi connectivity index (χ0v) is 12.7. The van der Waals surface area contributed by atoms with Crippen molar-refractivity contribution in [2.45, 2.75) is 13.0 Å². The van der Waals surface area contributed by atoms with Gasteiger partial charge in [0.05, 0.1) is 6.54 Å². The van der Waals surface area contributed by atoms with Gasteiger partial charge in [-0.15, -0.1) is 0 Å². The first-order valence-corrected chi connectivity index (χ1v) is 7.45. The van der Waals surface area contributed by atoms with Crippen molar-refractivity contribution in [2.75, 3.05) is 39.8 Å². The molecule has 1 N–H and O–H groups in total. The monoisotopic (exact) mass is 295 g/mol. The second-order valence-electron chi connectivity index (χ2n) is 5.22. The van der Waals surface area contributed by atoms with E-state index in [1.54, 1.807) is 4.90 Å². The lowest BCUT2D eigenvalue weighted by atomic mass is 10.2. The molecule has 1 fully saturated rings. The summed E-state index contributed by atoms with van der Waals surface area (Å²) in [5, 5.41) is 4.06. The average Bonchev–Trinajstić information content (AvgIpc) is 2.70. The molecule has 0 unspecified atom stereocenters. The lowest BCUT2D eigenvalue weighted by molar-refractivity contribution is -0.131. The minimum atomic E-state index is 0.145. The molecule has 0 spiro atoms. The van der Waals surface area contributed by atoms with Crippen LogP contribution in [0.4, 0.5) is 0 Å². The molecular weight excluding hydrogens is 274 g/mol. The van der Waals surface area contributed by atoms with Crippen LogP contribution in [0.1, 0.15) is 12.0 Å². The van der Waals surface area contributed by atoms with E-state index in [9.17, 15) is 4.79 Å². The molecule has 1 saturated heterocycles. The van der Waals surface area contributed by atoms with Crippen molar-refractivity contribution < 1.29 is 4.79 Å². The lowest BCUT2D eigenvalue weighted by Gasteiger charge is -2.23. The molecule has 1 aromatic rings. The Morgan fingerprint density at radius 1 is 1.35 bits per heavy atom. The lowest BCUT2D eigenvalue weighted by Crippen LogP contribution is -2.39. The van der Waals surface area contributed by atoms with Crippen LogP contribution >= 0.6 is 11.6 Å². The second-order valence-corrected chi connectivity index (χ2v) is 5.63. The molecule has 0 aromatic heterocycles. The molecule has 1 aromatic carbocycles. The van der Waals surface area contributed by atoms with Gasteiger partial charge < -0.3 is 10.2 Å². The number of likely N-dealkylation sites (N-methyl/N-ethyl adjacent to an activating group) is 1. The van der Waals surface area contributed by atoms with E-state index in [1.807, 2.05) is 31.3 Å². The van der Waals surface area contributed by atoms with E-state index in [4.69, 9.17) is 11.6 Å². The Hall–Kier alpha value is -1.10. The molecule has 0 aliphatic carbocycles. The van der Waals surface area contributed by atoms with E-state index < -0.39 is 0 Å². The standard InChI is InChI=1S/C15H22ClN3O/c1-18(11-13-5-2-3-6-14(13)16)15(20)12-19-9-4-7-17-8-10-19/h2-3,5-6,17H,4,7-12H2,1H3. The van der Waals surface area contributed by atoms with E-state index in [0.29, 0.717) is 18.1 Å². The van der Waals surface area contributed by atoms with Gasteiger partial charge in [0.1, 0.15) is 0 Å². The van der Waals surface area contributed by atoms with Gasteiger partial charge in [-0.05, 0) is 31.1 Å². The molecule has 0 radical (unpaired) electrons. The number of nitrogens with zero attached hydrogens (tertiary/aromatic N) is 2. The number of hydrogen-bond donors (Lipinski definition) is 1. The summed E-state index contributed by atoms with van der Waals surface area (Å²) in [6.45, 7) is 4.97. The first-order valence-electron chi connectivity index (χ1n) is 7.07. The zero-order valence-electron chi connectivity index (χ0n) is 11.9. The van der Waals surface area contributed by atoms with Gasteiger partial charge in [0.25, 0.3) is 0 Å². The van der Waals surface area contributed by atoms with Crippen molar-refractivity contribution in [1.29, 1.82) is 0 Å². The van der Waals surface area contributed by atoms with Crippen LogP contribution in [0.2, 0.25) is 5.02 Å². The largest absolute Gasteiger partial charge is 0.340 e. The van der Waals surface area contributed by atoms with E-state index in [0.717, 1.165) is 38.2 Å². The van der Waals surface area contributed by atoms with Gasteiger partial charge in [0, 0.05) is 31.7 Å². The molecule has 2 rings (SSSR count). The summed E-state index contributed by atoms with van der Waals surface area (Å²) in [5.74, 6) is 0.145. The maximum Gasteiger partial charge on any atom is 0.236 e. The fraction of sp³-hybridized carbons (Fsp3) is 0.533. The number of carbonyl (C=O) groups excluding carboxylic acids is 1. The van der Waals surface area contributed by atoms with Gasteiger partial charge in [-0.25, -0.2) is 0 Å². The molecule has 0 saturated carbocycles. The van der Waals surface area contributed by atoms with Crippen molar-refractivity contribution in [3.05, 3.63) is 34.9 Å². The van der Waals surface area contributed by atoms with Gasteiger partial charge >= 0.3 is 0 Å². The quantitative estimate of drug-likeness (QED) is 0.916. The summed E-state index contributed by atoms with van der Waals surface area (Å²) in [7, 11) is 1.84. The predicted molar refractivity (Wildman–Crippen MR) is 81.9 cm³/mol. The van der Waals surface area contributed by atoms with Crippen LogP contribution < -0.4 is 5.32 Å². The van der Waals surface area contributed by atoms with Gasteiger partial charge in [-0.1, -0.05) is 29.8 Å². The van der Waals surface area contributed by atoms with Gasteiger partial charge in [0.2, 0.25) is 5.91 Å². The molecular formula is C15H22ClN3O. The van der Waals surface area contributed by atoms with Crippen LogP contribution in [0.15, 0.2) is 24.3 Å². The molecule has 20 heavy (non-hydrogen) atoms. The third-order valence-electron chi connectivity index (χ3n) is 3.58. The van der Waals surface area contributed by atoms with Crippen LogP contribution in [-0.2, 0) is 11.3 Å². The molecule has 0 atom stereocenters. The van der Waals surface area contributed by atoms with Crippen LogP contribution in [-0.4, -0.2) is 55.5 Å². The summed E-state index contributed by atoms with van der Waals surface area (Å²) in [4.78, 5) is 16.2.